The number of carbonyl (C=O) groups is 4. The molecule has 0 aliphatic carbocycles. The van der Waals surface area contributed by atoms with Gasteiger partial charge in [0.05, 0.1) is 31.6 Å². The molecule has 2 N–H and O–H groups in total. The molecule has 0 radical (unpaired) electrons. The molecule has 262 valence electrons. The van der Waals surface area contributed by atoms with Gasteiger partial charge in [0.1, 0.15) is 23.5 Å². The van der Waals surface area contributed by atoms with Crippen molar-refractivity contribution in [2.45, 2.75) is 68.8 Å². The average molecular weight is 674 g/mol. The number of allylic oxidation sites excluding steroid dienone is 1. The van der Waals surface area contributed by atoms with E-state index in [9.17, 15) is 24.3 Å². The van der Waals surface area contributed by atoms with Crippen LogP contribution in [0.2, 0.25) is 0 Å². The minimum Gasteiger partial charge on any atom is -0.497 e. The maximum Gasteiger partial charge on any atom is 0.313 e. The van der Waals surface area contributed by atoms with Crippen molar-refractivity contribution in [2.24, 2.45) is 11.8 Å². The van der Waals surface area contributed by atoms with Crippen LogP contribution in [0.1, 0.15) is 56.6 Å². The molecular formula is C38H47N3O8. The zero-order valence-corrected chi connectivity index (χ0v) is 28.1. The molecule has 6 atom stereocenters. The van der Waals surface area contributed by atoms with E-state index in [0.717, 1.165) is 0 Å². The number of aliphatic hydroxyl groups is 1. The monoisotopic (exact) mass is 673 g/mol. The lowest BCUT2D eigenvalue weighted by Crippen LogP contribution is -2.56. The summed E-state index contributed by atoms with van der Waals surface area (Å²) in [5, 5.41) is 12.2. The first-order valence-corrected chi connectivity index (χ1v) is 17.1. The van der Waals surface area contributed by atoms with E-state index in [1.165, 1.54) is 0 Å². The molecule has 2 bridgehead atoms. The van der Waals surface area contributed by atoms with Crippen LogP contribution in [0.4, 0.5) is 5.69 Å². The number of fused-ring (bicyclic) bond motifs is 1. The van der Waals surface area contributed by atoms with Crippen LogP contribution < -0.4 is 15.0 Å². The van der Waals surface area contributed by atoms with Gasteiger partial charge in [-0.3, -0.25) is 19.2 Å². The first-order valence-electron chi connectivity index (χ1n) is 17.1. The number of nitrogens with one attached hydrogen (secondary N) is 1. The highest BCUT2D eigenvalue weighted by Gasteiger charge is 2.75. The molecule has 11 heteroatoms. The molecule has 5 rings (SSSR count). The average Bonchev–Trinajstić information content (AvgIpc) is 3.77. The lowest BCUT2D eigenvalue weighted by atomic mass is 9.70. The summed E-state index contributed by atoms with van der Waals surface area (Å²) in [4.78, 5) is 58.9. The fourth-order valence-corrected chi connectivity index (χ4v) is 7.52. The molecule has 0 aromatic heterocycles. The van der Waals surface area contributed by atoms with E-state index in [4.69, 9.17) is 14.2 Å². The molecule has 3 heterocycles. The van der Waals surface area contributed by atoms with Crippen molar-refractivity contribution < 1.29 is 38.5 Å². The van der Waals surface area contributed by atoms with Gasteiger partial charge in [-0.15, -0.1) is 13.2 Å². The summed E-state index contributed by atoms with van der Waals surface area (Å²) in [6, 6.07) is 15.3. The van der Waals surface area contributed by atoms with Crippen molar-refractivity contribution in [1.29, 1.82) is 0 Å². The Kier molecular flexibility index (Phi) is 11.9. The molecule has 3 fully saturated rings. The third-order valence-electron chi connectivity index (χ3n) is 9.82. The number of esters is 1. The second-order valence-electron chi connectivity index (χ2n) is 12.8. The Morgan fingerprint density at radius 2 is 1.86 bits per heavy atom. The van der Waals surface area contributed by atoms with Gasteiger partial charge >= 0.3 is 5.97 Å². The van der Waals surface area contributed by atoms with Crippen LogP contribution >= 0.6 is 0 Å². The third kappa shape index (κ3) is 7.43. The minimum atomic E-state index is -1.22. The Balaban J connectivity index is 1.44. The predicted molar refractivity (Wildman–Crippen MR) is 184 cm³/mol. The molecule has 0 unspecified atom stereocenters. The third-order valence-corrected chi connectivity index (χ3v) is 9.82. The van der Waals surface area contributed by atoms with Crippen molar-refractivity contribution in [3.63, 3.8) is 0 Å². The van der Waals surface area contributed by atoms with E-state index in [1.54, 1.807) is 53.3 Å². The minimum absolute atomic E-state index is 0.0312. The molecule has 0 saturated carbocycles. The van der Waals surface area contributed by atoms with E-state index < -0.39 is 41.7 Å². The Morgan fingerprint density at radius 1 is 1.10 bits per heavy atom. The number of hydrogen-bond acceptors (Lipinski definition) is 8. The summed E-state index contributed by atoms with van der Waals surface area (Å²) in [6.07, 6.45) is 5.43. The summed E-state index contributed by atoms with van der Waals surface area (Å²) < 4.78 is 18.1. The summed E-state index contributed by atoms with van der Waals surface area (Å²) in [5.74, 6) is -2.61. The first-order chi connectivity index (χ1) is 23.8. The molecular weight excluding hydrogens is 626 g/mol. The number of rotatable bonds is 18. The van der Waals surface area contributed by atoms with Crippen LogP contribution in [-0.2, 0) is 28.7 Å². The highest BCUT2D eigenvalue weighted by atomic mass is 16.6. The highest BCUT2D eigenvalue weighted by Crippen LogP contribution is 2.59. The van der Waals surface area contributed by atoms with Gasteiger partial charge in [0.15, 0.2) is 0 Å². The predicted octanol–water partition coefficient (Wildman–Crippen LogP) is 4.12. The Labute approximate surface area is 287 Å². The number of nitrogens with zero attached hydrogens (tertiary/aromatic N) is 2. The van der Waals surface area contributed by atoms with Crippen LogP contribution in [0.3, 0.4) is 0 Å². The molecule has 2 aromatic carbocycles. The highest BCUT2D eigenvalue weighted by molar-refractivity contribution is 6.04. The van der Waals surface area contributed by atoms with Gasteiger partial charge in [-0.25, -0.2) is 0 Å². The molecule has 3 aliphatic heterocycles. The van der Waals surface area contributed by atoms with E-state index in [-0.39, 0.29) is 50.4 Å². The fourth-order valence-electron chi connectivity index (χ4n) is 7.52. The second kappa shape index (κ2) is 16.3. The van der Waals surface area contributed by atoms with Crippen LogP contribution in [-0.4, -0.2) is 84.8 Å². The SMILES string of the molecule is C=CCCC(=O)NC[C@@H](OC(=O)[C@@H]1[C@H]2C(=O)N(CCCCCO)[C@H](C(=O)N(CC=C)c3ccc(OC)cc3)[C@]23CC[C@H]1O3)c1ccccc1. The van der Waals surface area contributed by atoms with Crippen LogP contribution in [0.25, 0.3) is 0 Å². The molecule has 1 spiro atoms. The number of likely N-dealkylation sites (tertiary alicyclic amines) is 1. The standard InChI is InChI=1S/C38H47N3O8/c1-4-6-15-31(43)39-25-30(26-13-9-7-10-14-26)48-37(46)32-29-20-21-38(49-29)33(32)35(44)41(23-11-8-12-24-42)34(38)36(45)40(22-5-2)27-16-18-28(47-3)19-17-27/h4-5,7,9-10,13-14,16-19,29-30,32-34,42H,1-2,6,8,11-12,15,20-25H2,3H3,(H,39,43)/t29-,30-,32+,33+,34-,38+/m1/s1. The largest absolute Gasteiger partial charge is 0.497 e. The maximum absolute atomic E-state index is 14.7. The Bertz CT molecular complexity index is 1500. The van der Waals surface area contributed by atoms with Crippen molar-refractivity contribution in [3.8, 4) is 5.75 Å². The van der Waals surface area contributed by atoms with Gasteiger partial charge in [-0.1, -0.05) is 42.5 Å². The van der Waals surface area contributed by atoms with Crippen molar-refractivity contribution in [1.82, 2.24) is 10.2 Å². The van der Waals surface area contributed by atoms with Crippen molar-refractivity contribution >= 4 is 29.4 Å². The van der Waals surface area contributed by atoms with Gasteiger partial charge in [-0.05, 0) is 68.4 Å². The zero-order valence-electron chi connectivity index (χ0n) is 28.1. The van der Waals surface area contributed by atoms with Crippen LogP contribution in [0, 0.1) is 11.8 Å². The smallest absolute Gasteiger partial charge is 0.313 e. The normalized spacial score (nSPS) is 24.2. The lowest BCUT2D eigenvalue weighted by Gasteiger charge is -2.37. The number of unbranched alkanes of at least 4 members (excludes halogenated alkanes) is 2. The number of benzene rings is 2. The van der Waals surface area contributed by atoms with Crippen molar-refractivity contribution in [2.75, 3.05) is 38.3 Å². The van der Waals surface area contributed by atoms with Crippen LogP contribution in [0.5, 0.6) is 5.75 Å². The molecule has 49 heavy (non-hydrogen) atoms. The van der Waals surface area contributed by atoms with Gasteiger partial charge in [-0.2, -0.15) is 0 Å². The van der Waals surface area contributed by atoms with Crippen molar-refractivity contribution in [3.05, 3.63) is 85.5 Å². The van der Waals surface area contributed by atoms with Gasteiger partial charge in [0, 0.05) is 31.8 Å². The molecule has 2 aromatic rings. The van der Waals surface area contributed by atoms with E-state index >= 15 is 0 Å². The first kappa shape index (κ1) is 35.8. The zero-order chi connectivity index (χ0) is 35.0. The summed E-state index contributed by atoms with van der Waals surface area (Å²) in [5.41, 5.74) is 0.101. The number of ether oxygens (including phenoxy) is 3. The number of amides is 3. The Morgan fingerprint density at radius 3 is 2.53 bits per heavy atom. The topological polar surface area (TPSA) is 135 Å². The number of methoxy groups -OCH3 is 1. The number of aliphatic hydroxyl groups excluding tert-OH is 1. The lowest BCUT2D eigenvalue weighted by molar-refractivity contribution is -0.160. The molecule has 3 aliphatic rings. The number of anilines is 1. The maximum atomic E-state index is 14.7. The Hall–Kier alpha value is -4.48. The van der Waals surface area contributed by atoms with Gasteiger partial charge in [0.25, 0.3) is 5.91 Å². The van der Waals surface area contributed by atoms with E-state index in [1.807, 2.05) is 30.3 Å². The summed E-state index contributed by atoms with van der Waals surface area (Å²) >= 11 is 0. The second-order valence-corrected chi connectivity index (χ2v) is 12.8. The van der Waals surface area contributed by atoms with E-state index in [0.29, 0.717) is 55.5 Å². The summed E-state index contributed by atoms with van der Waals surface area (Å²) in [7, 11) is 1.57. The van der Waals surface area contributed by atoms with Gasteiger partial charge < -0.3 is 34.4 Å². The quantitative estimate of drug-likeness (QED) is 0.137. The van der Waals surface area contributed by atoms with Gasteiger partial charge in [0.2, 0.25) is 11.8 Å². The number of hydrogen-bond donors (Lipinski definition) is 2. The van der Waals surface area contributed by atoms with Crippen LogP contribution in [0.15, 0.2) is 79.9 Å². The molecule has 3 saturated heterocycles. The fraction of sp³-hybridized carbons (Fsp3) is 0.474. The summed E-state index contributed by atoms with van der Waals surface area (Å²) in [6.45, 7) is 8.09. The van der Waals surface area contributed by atoms with E-state index in [2.05, 4.69) is 18.5 Å². The number of carbonyl (C=O) groups excluding carboxylic acids is 4. The molecule has 3 amide bonds. The molecule has 11 nitrogen and oxygen atoms in total.